The Morgan fingerprint density at radius 1 is 1.15 bits per heavy atom. The molecule has 0 spiro atoms. The van der Waals surface area contributed by atoms with Gasteiger partial charge in [-0.25, -0.2) is 4.79 Å². The Morgan fingerprint density at radius 2 is 1.88 bits per heavy atom. The van der Waals surface area contributed by atoms with Crippen LogP contribution in [0.25, 0.3) is 0 Å². The molecule has 4 heteroatoms. The van der Waals surface area contributed by atoms with E-state index >= 15 is 0 Å². The van der Waals surface area contributed by atoms with Gasteiger partial charge in [0.25, 0.3) is 0 Å². The normalized spacial score (nSPS) is 14.3. The predicted octanol–water partition coefficient (Wildman–Crippen LogP) is 4.09. The van der Waals surface area contributed by atoms with Gasteiger partial charge in [0.05, 0.1) is 0 Å². The van der Waals surface area contributed by atoms with Crippen molar-refractivity contribution in [1.82, 2.24) is 10.6 Å². The molecular weight excluding hydrogens is 324 g/mol. The fraction of sp³-hybridized carbons (Fsp3) is 0.318. The van der Waals surface area contributed by atoms with Gasteiger partial charge in [-0.2, -0.15) is 0 Å². The molecule has 1 aliphatic rings. The summed E-state index contributed by atoms with van der Waals surface area (Å²) in [6, 6.07) is 16.0. The van der Waals surface area contributed by atoms with Crippen LogP contribution in [0.1, 0.15) is 29.5 Å². The topological polar surface area (TPSA) is 50.4 Å². The molecule has 0 bridgehead atoms. The van der Waals surface area contributed by atoms with Crippen molar-refractivity contribution in [3.63, 3.8) is 0 Å². The molecule has 0 radical (unpaired) electrons. The molecule has 0 aromatic heterocycles. The summed E-state index contributed by atoms with van der Waals surface area (Å²) in [6.45, 7) is 7.33. The number of urea groups is 1. The SMILES string of the molecule is C=CCOc1ccccc1CNC(=O)NCC1(c2ccccc2C)CC1. The monoisotopic (exact) mass is 350 g/mol. The summed E-state index contributed by atoms with van der Waals surface area (Å²) >= 11 is 0. The highest BCUT2D eigenvalue weighted by Gasteiger charge is 2.45. The number of hydrogen-bond donors (Lipinski definition) is 2. The van der Waals surface area contributed by atoms with E-state index in [-0.39, 0.29) is 11.4 Å². The van der Waals surface area contributed by atoms with E-state index in [0.717, 1.165) is 24.2 Å². The molecule has 2 aromatic rings. The number of nitrogens with one attached hydrogen (secondary N) is 2. The Bertz CT molecular complexity index is 781. The van der Waals surface area contributed by atoms with E-state index in [1.165, 1.54) is 11.1 Å². The standard InChI is InChI=1S/C22H26N2O2/c1-3-14-26-20-11-7-5-9-18(20)15-23-21(25)24-16-22(12-13-22)19-10-6-4-8-17(19)2/h3-11H,1,12-16H2,2H3,(H2,23,24,25). The predicted molar refractivity (Wildman–Crippen MR) is 104 cm³/mol. The van der Waals surface area contributed by atoms with Crippen LogP contribution in [-0.2, 0) is 12.0 Å². The maximum absolute atomic E-state index is 12.3. The second-order valence-electron chi connectivity index (χ2n) is 6.84. The van der Waals surface area contributed by atoms with Gasteiger partial charge in [0.1, 0.15) is 12.4 Å². The first-order valence-electron chi connectivity index (χ1n) is 9.04. The van der Waals surface area contributed by atoms with Gasteiger partial charge in [0, 0.05) is 24.1 Å². The minimum absolute atomic E-state index is 0.105. The van der Waals surface area contributed by atoms with Gasteiger partial charge in [-0.1, -0.05) is 55.1 Å². The fourth-order valence-electron chi connectivity index (χ4n) is 3.29. The third kappa shape index (κ3) is 4.26. The van der Waals surface area contributed by atoms with Crippen molar-refractivity contribution >= 4 is 6.03 Å². The van der Waals surface area contributed by atoms with Crippen molar-refractivity contribution in [1.29, 1.82) is 0 Å². The van der Waals surface area contributed by atoms with Crippen LogP contribution >= 0.6 is 0 Å². The lowest BCUT2D eigenvalue weighted by molar-refractivity contribution is 0.239. The third-order valence-corrected chi connectivity index (χ3v) is 4.93. The van der Waals surface area contributed by atoms with E-state index in [1.54, 1.807) is 6.08 Å². The quantitative estimate of drug-likeness (QED) is 0.705. The highest BCUT2D eigenvalue weighted by molar-refractivity contribution is 5.74. The maximum Gasteiger partial charge on any atom is 0.315 e. The highest BCUT2D eigenvalue weighted by Crippen LogP contribution is 2.48. The van der Waals surface area contributed by atoms with Gasteiger partial charge < -0.3 is 15.4 Å². The van der Waals surface area contributed by atoms with Crippen LogP contribution < -0.4 is 15.4 Å². The van der Waals surface area contributed by atoms with Crippen LogP contribution in [0.4, 0.5) is 4.79 Å². The molecule has 136 valence electrons. The van der Waals surface area contributed by atoms with Crippen molar-refractivity contribution < 1.29 is 9.53 Å². The molecule has 0 unspecified atom stereocenters. The lowest BCUT2D eigenvalue weighted by Gasteiger charge is -2.19. The summed E-state index contributed by atoms with van der Waals surface area (Å²) in [7, 11) is 0. The first-order chi connectivity index (χ1) is 12.6. The smallest absolute Gasteiger partial charge is 0.315 e. The zero-order valence-electron chi connectivity index (χ0n) is 15.3. The second-order valence-corrected chi connectivity index (χ2v) is 6.84. The number of benzene rings is 2. The summed E-state index contributed by atoms with van der Waals surface area (Å²) in [4.78, 5) is 12.3. The van der Waals surface area contributed by atoms with E-state index < -0.39 is 0 Å². The Morgan fingerprint density at radius 3 is 2.62 bits per heavy atom. The number of amides is 2. The van der Waals surface area contributed by atoms with Gasteiger partial charge in [0.15, 0.2) is 0 Å². The summed E-state index contributed by atoms with van der Waals surface area (Å²) in [5.74, 6) is 0.770. The fourth-order valence-corrected chi connectivity index (χ4v) is 3.29. The molecule has 2 N–H and O–H groups in total. The number of ether oxygens (including phenoxy) is 1. The van der Waals surface area contributed by atoms with E-state index in [2.05, 4.69) is 48.4 Å². The molecule has 2 aromatic carbocycles. The lowest BCUT2D eigenvalue weighted by atomic mass is 9.92. The second kappa shape index (κ2) is 8.09. The van der Waals surface area contributed by atoms with Crippen molar-refractivity contribution in [3.8, 4) is 5.75 Å². The molecule has 4 nitrogen and oxygen atoms in total. The molecule has 1 fully saturated rings. The number of carbonyl (C=O) groups excluding carboxylic acids is 1. The molecule has 0 atom stereocenters. The van der Waals surface area contributed by atoms with Crippen molar-refractivity contribution in [2.45, 2.75) is 31.7 Å². The van der Waals surface area contributed by atoms with E-state index in [9.17, 15) is 4.79 Å². The molecule has 0 saturated heterocycles. The van der Waals surface area contributed by atoms with Crippen LogP contribution in [0.5, 0.6) is 5.75 Å². The minimum Gasteiger partial charge on any atom is -0.489 e. The Hall–Kier alpha value is -2.75. The van der Waals surface area contributed by atoms with Gasteiger partial charge in [-0.05, 0) is 37.0 Å². The number of carbonyl (C=O) groups is 1. The van der Waals surface area contributed by atoms with Crippen LogP contribution in [0.3, 0.4) is 0 Å². The van der Waals surface area contributed by atoms with Crippen molar-refractivity contribution in [3.05, 3.63) is 77.9 Å². The van der Waals surface area contributed by atoms with E-state index in [1.807, 2.05) is 24.3 Å². The summed E-state index contributed by atoms with van der Waals surface area (Å²) in [5, 5.41) is 5.96. The number of para-hydroxylation sites is 1. The van der Waals surface area contributed by atoms with Crippen LogP contribution in [-0.4, -0.2) is 19.2 Å². The average molecular weight is 350 g/mol. The Kier molecular flexibility index (Phi) is 5.61. The van der Waals surface area contributed by atoms with Gasteiger partial charge in [-0.15, -0.1) is 0 Å². The summed E-state index contributed by atoms with van der Waals surface area (Å²) < 4.78 is 5.62. The summed E-state index contributed by atoms with van der Waals surface area (Å²) in [5.41, 5.74) is 3.70. The van der Waals surface area contributed by atoms with Gasteiger partial charge >= 0.3 is 6.03 Å². The summed E-state index contributed by atoms with van der Waals surface area (Å²) in [6.07, 6.45) is 3.95. The van der Waals surface area contributed by atoms with Gasteiger partial charge in [-0.3, -0.25) is 0 Å². The largest absolute Gasteiger partial charge is 0.489 e. The number of aryl methyl sites for hydroxylation is 1. The maximum atomic E-state index is 12.3. The molecular formula is C22H26N2O2. The highest BCUT2D eigenvalue weighted by atomic mass is 16.5. The number of rotatable bonds is 8. The molecule has 26 heavy (non-hydrogen) atoms. The van der Waals surface area contributed by atoms with Gasteiger partial charge in [0.2, 0.25) is 0 Å². The van der Waals surface area contributed by atoms with Crippen LogP contribution in [0, 0.1) is 6.92 Å². The van der Waals surface area contributed by atoms with Crippen LogP contribution in [0.15, 0.2) is 61.2 Å². The first kappa shape index (κ1) is 18.1. The zero-order chi connectivity index (χ0) is 18.4. The Balaban J connectivity index is 1.53. The molecule has 1 saturated carbocycles. The zero-order valence-corrected chi connectivity index (χ0v) is 15.3. The van der Waals surface area contributed by atoms with E-state index in [0.29, 0.717) is 19.7 Å². The molecule has 2 amide bonds. The lowest BCUT2D eigenvalue weighted by Crippen LogP contribution is -2.39. The van der Waals surface area contributed by atoms with Crippen molar-refractivity contribution in [2.75, 3.05) is 13.2 Å². The Labute approximate surface area is 155 Å². The molecule has 1 aliphatic carbocycles. The number of hydrogen-bond acceptors (Lipinski definition) is 2. The third-order valence-electron chi connectivity index (χ3n) is 4.93. The molecule has 0 aliphatic heterocycles. The minimum atomic E-state index is -0.150. The van der Waals surface area contributed by atoms with Crippen molar-refractivity contribution in [2.24, 2.45) is 0 Å². The van der Waals surface area contributed by atoms with Crippen LogP contribution in [0.2, 0.25) is 0 Å². The first-order valence-corrected chi connectivity index (χ1v) is 9.04. The molecule has 0 heterocycles. The average Bonchev–Trinajstić information content (AvgIpc) is 3.45. The van der Waals surface area contributed by atoms with E-state index in [4.69, 9.17) is 4.74 Å². The molecule has 3 rings (SSSR count).